The quantitative estimate of drug-likeness (QED) is 0.628. The molecule has 0 saturated carbocycles. The van der Waals surface area contributed by atoms with E-state index in [1.165, 1.54) is 11.6 Å². The number of halogens is 1. The molecule has 0 bridgehead atoms. The Labute approximate surface area is 106 Å². The minimum atomic E-state index is -0.325. The van der Waals surface area contributed by atoms with Gasteiger partial charge in [-0.3, -0.25) is 16.3 Å². The third-order valence-corrected chi connectivity index (χ3v) is 2.88. The molecule has 94 valence electrons. The van der Waals surface area contributed by atoms with Crippen molar-refractivity contribution in [2.24, 2.45) is 5.84 Å². The predicted molar refractivity (Wildman–Crippen MR) is 69.0 cm³/mol. The smallest absolute Gasteiger partial charge is 0.146 e. The van der Waals surface area contributed by atoms with E-state index in [-0.39, 0.29) is 11.9 Å². The SMILES string of the molecule is NNC(CCc1ccccc1)c1ncccc1F. The molecule has 0 aliphatic carbocycles. The molecule has 1 aromatic carbocycles. The number of nitrogens with one attached hydrogen (secondary N) is 1. The fraction of sp³-hybridized carbons (Fsp3) is 0.214. The molecule has 0 amide bonds. The van der Waals surface area contributed by atoms with Crippen molar-refractivity contribution in [3.63, 3.8) is 0 Å². The van der Waals surface area contributed by atoms with Crippen molar-refractivity contribution in [2.45, 2.75) is 18.9 Å². The van der Waals surface area contributed by atoms with Gasteiger partial charge in [-0.1, -0.05) is 30.3 Å². The lowest BCUT2D eigenvalue weighted by atomic mass is 10.0. The summed E-state index contributed by atoms with van der Waals surface area (Å²) in [5.41, 5.74) is 4.20. The average molecular weight is 245 g/mol. The first kappa shape index (κ1) is 12.7. The molecule has 4 heteroatoms. The van der Waals surface area contributed by atoms with Crippen LogP contribution in [-0.2, 0) is 6.42 Å². The number of nitrogens with zero attached hydrogens (tertiary/aromatic N) is 1. The average Bonchev–Trinajstić information content (AvgIpc) is 2.42. The van der Waals surface area contributed by atoms with Crippen molar-refractivity contribution in [1.82, 2.24) is 10.4 Å². The molecule has 1 atom stereocenters. The van der Waals surface area contributed by atoms with Crippen molar-refractivity contribution < 1.29 is 4.39 Å². The molecule has 0 saturated heterocycles. The number of hydrogen-bond acceptors (Lipinski definition) is 3. The van der Waals surface area contributed by atoms with Crippen LogP contribution in [0.5, 0.6) is 0 Å². The minimum Gasteiger partial charge on any atom is -0.271 e. The molecule has 0 aliphatic rings. The summed E-state index contributed by atoms with van der Waals surface area (Å²) in [6.07, 6.45) is 3.10. The van der Waals surface area contributed by atoms with Crippen molar-refractivity contribution in [1.29, 1.82) is 0 Å². The van der Waals surface area contributed by atoms with Crippen LogP contribution in [0.4, 0.5) is 4.39 Å². The number of rotatable bonds is 5. The van der Waals surface area contributed by atoms with Gasteiger partial charge in [0.15, 0.2) is 0 Å². The van der Waals surface area contributed by atoms with Crippen LogP contribution in [0.2, 0.25) is 0 Å². The number of aryl methyl sites for hydroxylation is 1. The minimum absolute atomic E-state index is 0.272. The maximum atomic E-state index is 13.6. The zero-order valence-electron chi connectivity index (χ0n) is 10.0. The first-order valence-corrected chi connectivity index (χ1v) is 5.91. The highest BCUT2D eigenvalue weighted by Crippen LogP contribution is 2.18. The fourth-order valence-corrected chi connectivity index (χ4v) is 1.91. The van der Waals surface area contributed by atoms with Gasteiger partial charge in [-0.15, -0.1) is 0 Å². The summed E-state index contributed by atoms with van der Waals surface area (Å²) in [6, 6.07) is 12.7. The van der Waals surface area contributed by atoms with Gasteiger partial charge in [0.1, 0.15) is 5.82 Å². The van der Waals surface area contributed by atoms with Crippen LogP contribution in [-0.4, -0.2) is 4.98 Å². The molecular weight excluding hydrogens is 229 g/mol. The number of hydrazine groups is 1. The van der Waals surface area contributed by atoms with E-state index in [9.17, 15) is 4.39 Å². The number of benzene rings is 1. The first-order valence-electron chi connectivity index (χ1n) is 5.91. The topological polar surface area (TPSA) is 50.9 Å². The Bertz CT molecular complexity index is 487. The number of aromatic nitrogens is 1. The van der Waals surface area contributed by atoms with E-state index in [1.807, 2.05) is 30.3 Å². The van der Waals surface area contributed by atoms with E-state index < -0.39 is 0 Å². The van der Waals surface area contributed by atoms with Gasteiger partial charge >= 0.3 is 0 Å². The molecule has 1 heterocycles. The highest BCUT2D eigenvalue weighted by molar-refractivity contribution is 5.16. The Morgan fingerprint density at radius 1 is 1.17 bits per heavy atom. The number of pyridine rings is 1. The summed E-state index contributed by atoms with van der Waals surface area (Å²) in [5.74, 6) is 5.16. The van der Waals surface area contributed by atoms with Gasteiger partial charge in [0.05, 0.1) is 11.7 Å². The van der Waals surface area contributed by atoms with Crippen molar-refractivity contribution in [3.05, 3.63) is 65.7 Å². The highest BCUT2D eigenvalue weighted by Gasteiger charge is 2.15. The number of nitrogens with two attached hydrogens (primary N) is 1. The van der Waals surface area contributed by atoms with Crippen LogP contribution < -0.4 is 11.3 Å². The molecule has 0 radical (unpaired) electrons. The molecule has 1 unspecified atom stereocenters. The Morgan fingerprint density at radius 2 is 1.94 bits per heavy atom. The molecule has 3 nitrogen and oxygen atoms in total. The monoisotopic (exact) mass is 245 g/mol. The highest BCUT2D eigenvalue weighted by atomic mass is 19.1. The summed E-state index contributed by atoms with van der Waals surface area (Å²) < 4.78 is 13.6. The van der Waals surface area contributed by atoms with Crippen LogP contribution in [0.1, 0.15) is 23.7 Å². The second-order valence-electron chi connectivity index (χ2n) is 4.11. The fourth-order valence-electron chi connectivity index (χ4n) is 1.91. The molecule has 0 aliphatic heterocycles. The lowest BCUT2D eigenvalue weighted by Crippen LogP contribution is -2.29. The summed E-state index contributed by atoms with van der Waals surface area (Å²) in [6.45, 7) is 0. The zero-order chi connectivity index (χ0) is 12.8. The van der Waals surface area contributed by atoms with Crippen LogP contribution >= 0.6 is 0 Å². The summed E-state index contributed by atoms with van der Waals surface area (Å²) in [7, 11) is 0. The summed E-state index contributed by atoms with van der Waals surface area (Å²) in [5, 5.41) is 0. The van der Waals surface area contributed by atoms with E-state index in [4.69, 9.17) is 5.84 Å². The summed E-state index contributed by atoms with van der Waals surface area (Å²) in [4.78, 5) is 4.04. The van der Waals surface area contributed by atoms with Crippen molar-refractivity contribution in [3.8, 4) is 0 Å². The number of hydrogen-bond donors (Lipinski definition) is 2. The lowest BCUT2D eigenvalue weighted by Gasteiger charge is -2.15. The van der Waals surface area contributed by atoms with Gasteiger partial charge in [0, 0.05) is 6.20 Å². The predicted octanol–water partition coefficient (Wildman–Crippen LogP) is 2.36. The summed E-state index contributed by atoms with van der Waals surface area (Å²) >= 11 is 0. The largest absolute Gasteiger partial charge is 0.271 e. The van der Waals surface area contributed by atoms with Gasteiger partial charge in [0.25, 0.3) is 0 Å². The van der Waals surface area contributed by atoms with Gasteiger partial charge in [0.2, 0.25) is 0 Å². The molecular formula is C14H16FN3. The van der Waals surface area contributed by atoms with Gasteiger partial charge in [-0.25, -0.2) is 4.39 Å². The first-order chi connectivity index (χ1) is 8.81. The van der Waals surface area contributed by atoms with Gasteiger partial charge in [-0.05, 0) is 30.5 Å². The normalized spacial score (nSPS) is 12.3. The third kappa shape index (κ3) is 3.12. The Hall–Kier alpha value is -1.78. The molecule has 0 spiro atoms. The molecule has 18 heavy (non-hydrogen) atoms. The maximum Gasteiger partial charge on any atom is 0.146 e. The van der Waals surface area contributed by atoms with Crippen molar-refractivity contribution in [2.75, 3.05) is 0 Å². The van der Waals surface area contributed by atoms with E-state index in [0.717, 1.165) is 6.42 Å². The van der Waals surface area contributed by atoms with E-state index in [0.29, 0.717) is 12.1 Å². The van der Waals surface area contributed by atoms with Crippen LogP contribution in [0, 0.1) is 5.82 Å². The van der Waals surface area contributed by atoms with Crippen LogP contribution in [0.25, 0.3) is 0 Å². The van der Waals surface area contributed by atoms with Crippen molar-refractivity contribution >= 4 is 0 Å². The second-order valence-corrected chi connectivity index (χ2v) is 4.11. The Morgan fingerprint density at radius 3 is 2.61 bits per heavy atom. The molecule has 0 fully saturated rings. The van der Waals surface area contributed by atoms with Gasteiger partial charge < -0.3 is 0 Å². The molecule has 1 aromatic heterocycles. The van der Waals surface area contributed by atoms with E-state index in [1.54, 1.807) is 12.3 Å². The molecule has 2 aromatic rings. The van der Waals surface area contributed by atoms with Crippen LogP contribution in [0.15, 0.2) is 48.7 Å². The maximum absolute atomic E-state index is 13.6. The van der Waals surface area contributed by atoms with E-state index >= 15 is 0 Å². The molecule has 3 N–H and O–H groups in total. The Kier molecular flexibility index (Phi) is 4.39. The molecule has 2 rings (SSSR count). The second kappa shape index (κ2) is 6.23. The lowest BCUT2D eigenvalue weighted by molar-refractivity contribution is 0.471. The zero-order valence-corrected chi connectivity index (χ0v) is 10.0. The van der Waals surface area contributed by atoms with Crippen LogP contribution in [0.3, 0.4) is 0 Å². The van der Waals surface area contributed by atoms with E-state index in [2.05, 4.69) is 10.4 Å². The Balaban J connectivity index is 2.04. The van der Waals surface area contributed by atoms with Gasteiger partial charge in [-0.2, -0.15) is 0 Å². The third-order valence-electron chi connectivity index (χ3n) is 2.88. The standard InChI is InChI=1S/C14H16FN3/c15-12-7-4-10-17-14(12)13(18-16)9-8-11-5-2-1-3-6-11/h1-7,10,13,18H,8-9,16H2.